The summed E-state index contributed by atoms with van der Waals surface area (Å²) in [7, 11) is -4.42. The molecule has 0 saturated heterocycles. The van der Waals surface area contributed by atoms with Crippen LogP contribution in [-0.2, 0) is 32.7 Å². The molecule has 0 radical (unpaired) electrons. The van der Waals surface area contributed by atoms with E-state index in [4.69, 9.17) is 24.3 Å². The minimum atomic E-state index is -4.42. The number of phosphoric ester groups is 1. The highest BCUT2D eigenvalue weighted by Gasteiger charge is 2.25. The lowest BCUT2D eigenvalue weighted by atomic mass is 10.1. The molecule has 4 N–H and O–H groups in total. The third kappa shape index (κ3) is 39.1. The summed E-state index contributed by atoms with van der Waals surface area (Å²) in [5.74, 6) is -0.994. The average molecular weight is 804 g/mol. The number of carbonyl (C=O) groups is 2. The lowest BCUT2D eigenvalue weighted by molar-refractivity contribution is -0.161. The average Bonchev–Trinajstić information content (AvgIpc) is 3.18. The Hall–Kier alpha value is -3.11. The molecule has 0 saturated carbocycles. The summed E-state index contributed by atoms with van der Waals surface area (Å²) in [4.78, 5) is 34.8. The lowest BCUT2D eigenvalue weighted by Crippen LogP contribution is -2.29. The molecule has 0 bridgehead atoms. The van der Waals surface area contributed by atoms with Crippen LogP contribution in [0.15, 0.2) is 97.2 Å². The number of unbranched alkanes of at least 4 members (excludes halogenated alkanes) is 6. The molecule has 0 fully saturated rings. The van der Waals surface area contributed by atoms with Crippen LogP contribution in [0.5, 0.6) is 0 Å². The molecule has 56 heavy (non-hydrogen) atoms. The van der Waals surface area contributed by atoms with Crippen LogP contribution in [0.1, 0.15) is 136 Å². The van der Waals surface area contributed by atoms with Gasteiger partial charge in [-0.2, -0.15) is 0 Å². The van der Waals surface area contributed by atoms with Crippen LogP contribution in [0, 0.1) is 0 Å². The molecule has 1 unspecified atom stereocenters. The Morgan fingerprint density at radius 3 is 1.57 bits per heavy atom. The smallest absolute Gasteiger partial charge is 0.462 e. The Morgan fingerprint density at radius 1 is 0.607 bits per heavy atom. The number of carbonyl (C=O) groups excluding carboxylic acids is 2. The topological polar surface area (TPSA) is 155 Å². The van der Waals surface area contributed by atoms with Gasteiger partial charge in [-0.15, -0.1) is 0 Å². The first-order chi connectivity index (χ1) is 27.2. The normalized spacial score (nSPS) is 14.9. The van der Waals surface area contributed by atoms with Gasteiger partial charge in [0.2, 0.25) is 0 Å². The Balaban J connectivity index is 4.43. The Kier molecular flexibility index (Phi) is 37.9. The van der Waals surface area contributed by atoms with E-state index in [1.807, 2.05) is 30.4 Å². The molecule has 3 atom stereocenters. The second-order valence-corrected chi connectivity index (χ2v) is 14.8. The third-order valence-corrected chi connectivity index (χ3v) is 9.00. The van der Waals surface area contributed by atoms with Crippen LogP contribution < -0.4 is 5.73 Å². The van der Waals surface area contributed by atoms with Crippen LogP contribution in [-0.4, -0.2) is 60.5 Å². The van der Waals surface area contributed by atoms with Crippen molar-refractivity contribution < 1.29 is 42.7 Å². The number of esters is 2. The first kappa shape index (κ1) is 52.9. The number of nitrogens with two attached hydrogens (primary N) is 1. The van der Waals surface area contributed by atoms with Crippen molar-refractivity contribution in [3.63, 3.8) is 0 Å². The van der Waals surface area contributed by atoms with Gasteiger partial charge in [-0.05, 0) is 83.5 Å². The van der Waals surface area contributed by atoms with Gasteiger partial charge in [0.25, 0.3) is 0 Å². The molecule has 0 heterocycles. The number of rotatable bonds is 37. The Bertz CT molecular complexity index is 1250. The van der Waals surface area contributed by atoms with Crippen molar-refractivity contribution in [3.8, 4) is 0 Å². The maximum atomic E-state index is 12.5. The van der Waals surface area contributed by atoms with Crippen LogP contribution in [0.25, 0.3) is 0 Å². The summed E-state index contributed by atoms with van der Waals surface area (Å²) in [6, 6.07) is 0. The molecule has 318 valence electrons. The maximum Gasteiger partial charge on any atom is 0.472 e. The standard InChI is InChI=1S/C45H74NO9P/c1-3-5-7-8-9-10-11-12-13-14-15-16-20-23-26-29-32-36-44(48)52-40-43(41-54-56(50,51)53-39-38-46)55-45(49)37-33-30-27-24-21-18-17-19-22-25-28-31-35-42(47)34-6-4-2/h9-10,12-13,15-18,22-27,31,35,42-43,47H,3-8,11,14,19-21,28-30,32-34,36-41,46H2,1-2H3,(H,50,51)/b10-9-,13-12-,16-15-,18-17-,25-22-,26-23-,27-24-,35-31-/t42-,43-/m1/s1. The zero-order valence-corrected chi connectivity index (χ0v) is 35.3. The number of phosphoric acid groups is 1. The Morgan fingerprint density at radius 2 is 1.07 bits per heavy atom. The second kappa shape index (κ2) is 40.1. The highest BCUT2D eigenvalue weighted by atomic mass is 31.2. The van der Waals surface area contributed by atoms with Crippen molar-refractivity contribution in [2.24, 2.45) is 5.73 Å². The summed E-state index contributed by atoms with van der Waals surface area (Å²) in [5, 5.41) is 9.81. The predicted octanol–water partition coefficient (Wildman–Crippen LogP) is 10.8. The SMILES string of the molecule is CCCCC/C=C\C/C=C\C/C=C\C/C=C\CCCC(=O)OC[C@H](COP(=O)(O)OCCN)OC(=O)CCC/C=C\C/C=C\C/C=C\C/C=C\[C@H](O)CCCC. The molecular weight excluding hydrogens is 729 g/mol. The number of ether oxygens (including phenoxy) is 2. The molecule has 10 nitrogen and oxygen atoms in total. The third-order valence-electron chi connectivity index (χ3n) is 8.01. The summed E-state index contributed by atoms with van der Waals surface area (Å²) >= 11 is 0. The maximum absolute atomic E-state index is 12.5. The molecular formula is C45H74NO9P. The minimum Gasteiger partial charge on any atom is -0.462 e. The fraction of sp³-hybridized carbons (Fsp3) is 0.600. The van der Waals surface area contributed by atoms with Crippen molar-refractivity contribution >= 4 is 19.8 Å². The highest BCUT2D eigenvalue weighted by molar-refractivity contribution is 7.47. The monoisotopic (exact) mass is 804 g/mol. The molecule has 0 aliphatic heterocycles. The molecule has 0 amide bonds. The number of aliphatic hydroxyl groups excluding tert-OH is 1. The molecule has 0 aromatic carbocycles. The van der Waals surface area contributed by atoms with Gasteiger partial charge in [-0.1, -0.05) is 137 Å². The van der Waals surface area contributed by atoms with Crippen molar-refractivity contribution in [2.75, 3.05) is 26.4 Å². The van der Waals surface area contributed by atoms with Crippen molar-refractivity contribution in [2.45, 2.75) is 148 Å². The van der Waals surface area contributed by atoms with Crippen molar-refractivity contribution in [1.82, 2.24) is 0 Å². The van der Waals surface area contributed by atoms with Crippen LogP contribution >= 0.6 is 7.82 Å². The number of allylic oxidation sites excluding steroid dienone is 15. The van der Waals surface area contributed by atoms with E-state index in [2.05, 4.69) is 80.7 Å². The Labute approximate surface area is 339 Å². The van der Waals surface area contributed by atoms with Crippen LogP contribution in [0.4, 0.5) is 0 Å². The van der Waals surface area contributed by atoms with Gasteiger partial charge in [0.15, 0.2) is 6.10 Å². The van der Waals surface area contributed by atoms with E-state index < -0.39 is 32.5 Å². The van der Waals surface area contributed by atoms with Gasteiger partial charge in [-0.25, -0.2) is 4.57 Å². The fourth-order valence-corrected chi connectivity index (χ4v) is 5.64. The zero-order valence-electron chi connectivity index (χ0n) is 34.4. The van der Waals surface area contributed by atoms with E-state index in [1.165, 1.54) is 19.3 Å². The summed E-state index contributed by atoms with van der Waals surface area (Å²) in [5.41, 5.74) is 5.33. The van der Waals surface area contributed by atoms with Gasteiger partial charge >= 0.3 is 19.8 Å². The van der Waals surface area contributed by atoms with Gasteiger partial charge in [0, 0.05) is 19.4 Å². The van der Waals surface area contributed by atoms with E-state index in [9.17, 15) is 24.2 Å². The second-order valence-electron chi connectivity index (χ2n) is 13.3. The van der Waals surface area contributed by atoms with E-state index >= 15 is 0 Å². The van der Waals surface area contributed by atoms with Crippen molar-refractivity contribution in [3.05, 3.63) is 97.2 Å². The summed E-state index contributed by atoms with van der Waals surface area (Å²) in [6.45, 7) is 3.37. The fourth-order valence-electron chi connectivity index (χ4n) is 4.87. The number of aliphatic hydroxyl groups is 1. The number of hydrogen-bond acceptors (Lipinski definition) is 9. The first-order valence-electron chi connectivity index (χ1n) is 20.8. The molecule has 0 aliphatic rings. The quantitative estimate of drug-likeness (QED) is 0.0239. The lowest BCUT2D eigenvalue weighted by Gasteiger charge is -2.19. The minimum absolute atomic E-state index is 0.0253. The van der Waals surface area contributed by atoms with Gasteiger partial charge in [-0.3, -0.25) is 18.6 Å². The highest BCUT2D eigenvalue weighted by Crippen LogP contribution is 2.43. The van der Waals surface area contributed by atoms with Gasteiger partial charge in [0.1, 0.15) is 6.61 Å². The van der Waals surface area contributed by atoms with Gasteiger partial charge < -0.3 is 25.2 Å². The summed E-state index contributed by atoms with van der Waals surface area (Å²) < 4.78 is 32.6. The van der Waals surface area contributed by atoms with E-state index in [0.29, 0.717) is 25.7 Å². The largest absolute Gasteiger partial charge is 0.472 e. The van der Waals surface area contributed by atoms with E-state index in [-0.39, 0.29) is 38.7 Å². The zero-order chi connectivity index (χ0) is 41.2. The summed E-state index contributed by atoms with van der Waals surface area (Å²) in [6.07, 6.45) is 47.8. The van der Waals surface area contributed by atoms with E-state index in [1.54, 1.807) is 0 Å². The van der Waals surface area contributed by atoms with Crippen molar-refractivity contribution in [1.29, 1.82) is 0 Å². The predicted molar refractivity (Wildman–Crippen MR) is 230 cm³/mol. The molecule has 0 aliphatic carbocycles. The van der Waals surface area contributed by atoms with Crippen LogP contribution in [0.3, 0.4) is 0 Å². The molecule has 0 aromatic heterocycles. The van der Waals surface area contributed by atoms with Gasteiger partial charge in [0.05, 0.1) is 19.3 Å². The van der Waals surface area contributed by atoms with E-state index in [0.717, 1.165) is 64.2 Å². The first-order valence-corrected chi connectivity index (χ1v) is 22.3. The molecule has 11 heteroatoms. The van der Waals surface area contributed by atoms with Crippen LogP contribution in [0.2, 0.25) is 0 Å². The molecule has 0 rings (SSSR count). The number of hydrogen-bond donors (Lipinski definition) is 3. The molecule has 0 spiro atoms. The molecule has 0 aromatic rings.